The van der Waals surface area contributed by atoms with Crippen LogP contribution >= 0.6 is 0 Å². The summed E-state index contributed by atoms with van der Waals surface area (Å²) in [6.45, 7) is 3.09. The van der Waals surface area contributed by atoms with Gasteiger partial charge in [0.1, 0.15) is 11.9 Å². The average Bonchev–Trinajstić information content (AvgIpc) is 2.48. The Labute approximate surface area is 121 Å². The molecule has 1 unspecified atom stereocenters. The number of fused-ring (bicyclic) bond motifs is 1. The molecule has 1 aliphatic rings. The Balaban J connectivity index is 2.06. The minimum Gasteiger partial charge on any atom is -0.478 e. The van der Waals surface area contributed by atoms with Crippen LogP contribution in [0.1, 0.15) is 17.3 Å². The summed E-state index contributed by atoms with van der Waals surface area (Å²) >= 11 is 0. The van der Waals surface area contributed by atoms with Crippen LogP contribution in [0.5, 0.6) is 0 Å². The number of anilines is 1. The van der Waals surface area contributed by atoms with Crippen LogP contribution in [0.4, 0.5) is 5.82 Å². The first-order valence-corrected chi connectivity index (χ1v) is 6.75. The number of amides is 1. The van der Waals surface area contributed by atoms with Crippen molar-refractivity contribution in [2.24, 2.45) is 0 Å². The number of carboxylic acids is 1. The van der Waals surface area contributed by atoms with E-state index in [9.17, 15) is 14.7 Å². The largest absolute Gasteiger partial charge is 0.478 e. The van der Waals surface area contributed by atoms with Crippen molar-refractivity contribution in [1.82, 2.24) is 10.3 Å². The summed E-state index contributed by atoms with van der Waals surface area (Å²) in [5.41, 5.74) is 0.849. The van der Waals surface area contributed by atoms with Crippen LogP contribution in [0.25, 0.3) is 10.9 Å². The summed E-state index contributed by atoms with van der Waals surface area (Å²) in [5.74, 6) is -0.310. The highest BCUT2D eigenvalue weighted by molar-refractivity contribution is 6.02. The first-order valence-electron chi connectivity index (χ1n) is 6.75. The van der Waals surface area contributed by atoms with Gasteiger partial charge in [0, 0.05) is 18.5 Å². The number of carbonyl (C=O) groups excluding carboxylic acids is 1. The van der Waals surface area contributed by atoms with Gasteiger partial charge in [-0.3, -0.25) is 4.79 Å². The van der Waals surface area contributed by atoms with E-state index >= 15 is 0 Å². The van der Waals surface area contributed by atoms with Crippen molar-refractivity contribution in [2.45, 2.75) is 13.0 Å². The zero-order valence-electron chi connectivity index (χ0n) is 11.5. The van der Waals surface area contributed by atoms with Gasteiger partial charge in [0.2, 0.25) is 5.91 Å². The maximum atomic E-state index is 11.7. The second-order valence-electron chi connectivity index (χ2n) is 5.01. The number of hydrogen-bond acceptors (Lipinski definition) is 4. The zero-order valence-corrected chi connectivity index (χ0v) is 11.5. The first-order chi connectivity index (χ1) is 10.1. The summed E-state index contributed by atoms with van der Waals surface area (Å²) < 4.78 is 0. The number of carbonyl (C=O) groups is 2. The lowest BCUT2D eigenvalue weighted by molar-refractivity contribution is -0.122. The Morgan fingerprint density at radius 3 is 2.95 bits per heavy atom. The molecule has 1 aromatic heterocycles. The molecule has 0 aliphatic carbocycles. The third-order valence-electron chi connectivity index (χ3n) is 3.74. The molecule has 1 fully saturated rings. The number of aromatic carboxylic acids is 1. The quantitative estimate of drug-likeness (QED) is 0.868. The van der Waals surface area contributed by atoms with Gasteiger partial charge < -0.3 is 15.3 Å². The topological polar surface area (TPSA) is 82.5 Å². The van der Waals surface area contributed by atoms with Gasteiger partial charge in [0.05, 0.1) is 11.1 Å². The Morgan fingerprint density at radius 2 is 2.19 bits per heavy atom. The van der Waals surface area contributed by atoms with Gasteiger partial charge in [-0.2, -0.15) is 0 Å². The van der Waals surface area contributed by atoms with Gasteiger partial charge in [-0.15, -0.1) is 0 Å². The van der Waals surface area contributed by atoms with Crippen LogP contribution in [-0.4, -0.2) is 41.1 Å². The number of nitrogens with zero attached hydrogens (tertiary/aromatic N) is 2. The van der Waals surface area contributed by atoms with Crippen LogP contribution in [-0.2, 0) is 4.79 Å². The molecular formula is C15H15N3O3. The highest BCUT2D eigenvalue weighted by Gasteiger charge is 2.26. The number of aromatic nitrogens is 1. The zero-order chi connectivity index (χ0) is 15.0. The van der Waals surface area contributed by atoms with Crippen LogP contribution in [0, 0.1) is 0 Å². The van der Waals surface area contributed by atoms with Crippen molar-refractivity contribution in [3.8, 4) is 0 Å². The number of hydrogen-bond donors (Lipinski definition) is 2. The van der Waals surface area contributed by atoms with Crippen molar-refractivity contribution in [3.05, 3.63) is 35.9 Å². The van der Waals surface area contributed by atoms with Crippen molar-refractivity contribution >= 4 is 28.6 Å². The van der Waals surface area contributed by atoms with Crippen molar-refractivity contribution in [3.63, 3.8) is 0 Å². The van der Waals surface area contributed by atoms with Gasteiger partial charge in [0.25, 0.3) is 0 Å². The molecule has 3 rings (SSSR count). The van der Waals surface area contributed by atoms with Crippen LogP contribution in [0.3, 0.4) is 0 Å². The number of nitrogens with one attached hydrogen (secondary N) is 1. The average molecular weight is 285 g/mol. The molecule has 6 heteroatoms. The lowest BCUT2D eigenvalue weighted by Crippen LogP contribution is -2.54. The molecule has 0 radical (unpaired) electrons. The molecule has 108 valence electrons. The van der Waals surface area contributed by atoms with E-state index in [1.807, 2.05) is 11.8 Å². The van der Waals surface area contributed by atoms with E-state index in [1.54, 1.807) is 30.3 Å². The summed E-state index contributed by atoms with van der Waals surface area (Å²) in [7, 11) is 0. The van der Waals surface area contributed by atoms with Crippen molar-refractivity contribution in [2.75, 3.05) is 18.0 Å². The maximum absolute atomic E-state index is 11.7. The normalized spacial score (nSPS) is 18.6. The summed E-state index contributed by atoms with van der Waals surface area (Å²) in [6, 6.07) is 8.24. The molecule has 2 heterocycles. The van der Waals surface area contributed by atoms with Crippen LogP contribution in [0.15, 0.2) is 30.3 Å². The molecule has 6 nitrogen and oxygen atoms in total. The van der Waals surface area contributed by atoms with Crippen LogP contribution in [0.2, 0.25) is 0 Å². The number of rotatable bonds is 2. The van der Waals surface area contributed by atoms with E-state index in [0.29, 0.717) is 29.8 Å². The number of pyridine rings is 1. The number of carboxylic acid groups (broad SMARTS) is 1. The molecule has 0 saturated carbocycles. The predicted octanol–water partition coefficient (Wildman–Crippen LogP) is 1.26. The standard InChI is InChI=1S/C15H15N3O3/c1-9-14(19)16-7-8-18(9)13-6-5-10-11(15(20)21)3-2-4-12(10)17-13/h2-6,9H,7-8H2,1H3,(H,16,19)(H,20,21). The SMILES string of the molecule is CC1C(=O)NCCN1c1ccc2c(C(=O)O)cccc2n1. The molecule has 21 heavy (non-hydrogen) atoms. The highest BCUT2D eigenvalue weighted by Crippen LogP contribution is 2.23. The first kappa shape index (κ1) is 13.4. The Morgan fingerprint density at radius 1 is 1.38 bits per heavy atom. The smallest absolute Gasteiger partial charge is 0.336 e. The summed E-state index contributed by atoms with van der Waals surface area (Å²) in [6.07, 6.45) is 0. The van der Waals surface area contributed by atoms with E-state index in [-0.39, 0.29) is 17.5 Å². The van der Waals surface area contributed by atoms with Gasteiger partial charge in [0.15, 0.2) is 0 Å². The van der Waals surface area contributed by atoms with Gasteiger partial charge in [-0.25, -0.2) is 9.78 Å². The monoisotopic (exact) mass is 285 g/mol. The minimum absolute atomic E-state index is 0.0255. The fourth-order valence-electron chi connectivity index (χ4n) is 2.59. The Kier molecular flexibility index (Phi) is 3.21. The highest BCUT2D eigenvalue weighted by atomic mass is 16.4. The third kappa shape index (κ3) is 2.29. The summed E-state index contributed by atoms with van der Waals surface area (Å²) in [5, 5.41) is 12.6. The molecule has 1 atom stereocenters. The van der Waals surface area contributed by atoms with E-state index in [0.717, 1.165) is 0 Å². The third-order valence-corrected chi connectivity index (χ3v) is 3.74. The number of piperazine rings is 1. The molecule has 2 aromatic rings. The van der Waals surface area contributed by atoms with Crippen LogP contribution < -0.4 is 10.2 Å². The summed E-state index contributed by atoms with van der Waals surface area (Å²) in [4.78, 5) is 29.4. The minimum atomic E-state index is -0.971. The molecular weight excluding hydrogens is 270 g/mol. The number of benzene rings is 1. The molecule has 0 spiro atoms. The molecule has 1 saturated heterocycles. The Bertz CT molecular complexity index is 729. The lowest BCUT2D eigenvalue weighted by Gasteiger charge is -2.33. The molecule has 1 amide bonds. The molecule has 1 aromatic carbocycles. The van der Waals surface area contributed by atoms with Gasteiger partial charge in [-0.05, 0) is 31.2 Å². The predicted molar refractivity (Wildman–Crippen MR) is 78.5 cm³/mol. The van der Waals surface area contributed by atoms with Crippen molar-refractivity contribution < 1.29 is 14.7 Å². The van der Waals surface area contributed by atoms with E-state index in [1.165, 1.54) is 0 Å². The molecule has 0 bridgehead atoms. The fraction of sp³-hybridized carbons (Fsp3) is 0.267. The maximum Gasteiger partial charge on any atom is 0.336 e. The van der Waals surface area contributed by atoms with Crippen molar-refractivity contribution in [1.29, 1.82) is 0 Å². The molecule has 2 N–H and O–H groups in total. The molecule has 1 aliphatic heterocycles. The Hall–Kier alpha value is -2.63. The van der Waals surface area contributed by atoms with Gasteiger partial charge in [-0.1, -0.05) is 6.07 Å². The second-order valence-corrected chi connectivity index (χ2v) is 5.01. The van der Waals surface area contributed by atoms with E-state index < -0.39 is 5.97 Å². The van der Waals surface area contributed by atoms with E-state index in [2.05, 4.69) is 10.3 Å². The second kappa shape index (κ2) is 5.05. The lowest BCUT2D eigenvalue weighted by atomic mass is 10.1. The fourth-order valence-corrected chi connectivity index (χ4v) is 2.59. The van der Waals surface area contributed by atoms with Gasteiger partial charge >= 0.3 is 5.97 Å². The van der Waals surface area contributed by atoms with E-state index in [4.69, 9.17) is 0 Å².